The Morgan fingerprint density at radius 2 is 2.17 bits per heavy atom. The van der Waals surface area contributed by atoms with E-state index in [0.29, 0.717) is 18.9 Å². The number of aliphatic imine (C=N–C) groups is 2. The molecule has 0 aromatic carbocycles. The van der Waals surface area contributed by atoms with Crippen LogP contribution in [0.25, 0.3) is 0 Å². The molecule has 3 aliphatic rings. The van der Waals surface area contributed by atoms with Gasteiger partial charge in [0.1, 0.15) is 6.10 Å². The quantitative estimate of drug-likeness (QED) is 0.783. The highest BCUT2D eigenvalue weighted by atomic mass is 79.9. The van der Waals surface area contributed by atoms with Crippen molar-refractivity contribution in [3.8, 4) is 0 Å². The van der Waals surface area contributed by atoms with Crippen molar-refractivity contribution in [2.75, 3.05) is 31.6 Å². The molecular weight excluding hydrogens is 376 g/mol. The van der Waals surface area contributed by atoms with Gasteiger partial charge in [0.25, 0.3) is 0 Å². The molecule has 24 heavy (non-hydrogen) atoms. The van der Waals surface area contributed by atoms with Crippen molar-refractivity contribution in [1.29, 1.82) is 0 Å². The second kappa shape index (κ2) is 5.73. The van der Waals surface area contributed by atoms with E-state index in [2.05, 4.69) is 43.0 Å². The summed E-state index contributed by atoms with van der Waals surface area (Å²) in [7, 11) is 1.55. The van der Waals surface area contributed by atoms with Crippen LogP contribution in [0.1, 0.15) is 6.92 Å². The monoisotopic (exact) mass is 392 g/mol. The first-order valence-electron chi connectivity index (χ1n) is 7.78. The molecule has 0 aliphatic carbocycles. The molecule has 0 radical (unpaired) electrons. The molecule has 1 aromatic rings. The van der Waals surface area contributed by atoms with Crippen LogP contribution >= 0.6 is 15.9 Å². The fraction of sp³-hybridized carbons (Fsp3) is 0.467. The number of hydrogen-bond acceptors (Lipinski definition) is 7. The maximum atomic E-state index is 11.3. The summed E-state index contributed by atoms with van der Waals surface area (Å²) < 4.78 is 6.17. The van der Waals surface area contributed by atoms with Crippen LogP contribution in [0.15, 0.2) is 26.7 Å². The van der Waals surface area contributed by atoms with E-state index >= 15 is 0 Å². The third-order valence-corrected chi connectivity index (χ3v) is 4.62. The molecule has 4 heterocycles. The highest BCUT2D eigenvalue weighted by Crippen LogP contribution is 2.36. The molecule has 1 saturated heterocycles. The Morgan fingerprint density at radius 3 is 2.92 bits per heavy atom. The van der Waals surface area contributed by atoms with Crippen LogP contribution in [0.4, 0.5) is 16.3 Å². The van der Waals surface area contributed by atoms with Gasteiger partial charge in [0.2, 0.25) is 0 Å². The van der Waals surface area contributed by atoms with E-state index in [1.165, 1.54) is 0 Å². The van der Waals surface area contributed by atoms with Gasteiger partial charge in [-0.15, -0.1) is 0 Å². The molecule has 0 spiro atoms. The van der Waals surface area contributed by atoms with Crippen molar-refractivity contribution in [3.05, 3.63) is 16.7 Å². The number of hydrogen-bond donors (Lipinski definition) is 1. The Hall–Kier alpha value is -2.16. The molecule has 3 aliphatic heterocycles. The normalized spacial score (nSPS) is 22.2. The first kappa shape index (κ1) is 15.4. The summed E-state index contributed by atoms with van der Waals surface area (Å²) in [6.45, 7) is 4.12. The Balaban J connectivity index is 1.60. The number of ether oxygens (including phenoxy) is 1. The lowest BCUT2D eigenvalue weighted by Gasteiger charge is -2.42. The van der Waals surface area contributed by atoms with E-state index < -0.39 is 6.09 Å². The molecule has 0 saturated carbocycles. The fourth-order valence-electron chi connectivity index (χ4n) is 3.03. The average molecular weight is 393 g/mol. The van der Waals surface area contributed by atoms with Gasteiger partial charge < -0.3 is 19.9 Å². The second-order valence-electron chi connectivity index (χ2n) is 6.03. The van der Waals surface area contributed by atoms with Crippen LogP contribution < -0.4 is 10.2 Å². The van der Waals surface area contributed by atoms with Gasteiger partial charge in [-0.2, -0.15) is 0 Å². The average Bonchev–Trinajstić information content (AvgIpc) is 2.92. The third kappa shape index (κ3) is 2.52. The van der Waals surface area contributed by atoms with E-state index in [9.17, 15) is 4.79 Å². The number of fused-ring (bicyclic) bond motifs is 3. The number of nitrogens with one attached hydrogen (secondary N) is 1. The zero-order valence-electron chi connectivity index (χ0n) is 13.4. The van der Waals surface area contributed by atoms with Crippen molar-refractivity contribution in [3.63, 3.8) is 0 Å². The zero-order chi connectivity index (χ0) is 16.8. The van der Waals surface area contributed by atoms with Crippen molar-refractivity contribution in [2.45, 2.75) is 19.1 Å². The molecule has 1 fully saturated rings. The minimum absolute atomic E-state index is 0.125. The number of nitrogens with zero attached hydrogens (tertiary/aromatic N) is 5. The van der Waals surface area contributed by atoms with Crippen LogP contribution in [-0.4, -0.2) is 66.5 Å². The number of carbonyl (C=O) groups excluding carboxylic acids is 1. The first-order chi connectivity index (χ1) is 11.5. The number of likely N-dealkylation sites (tertiary alicyclic amines) is 1. The molecule has 1 aromatic heterocycles. The topological polar surface area (TPSA) is 82.4 Å². The van der Waals surface area contributed by atoms with Crippen LogP contribution in [0, 0.1) is 0 Å². The predicted octanol–water partition coefficient (Wildman–Crippen LogP) is 1.53. The van der Waals surface area contributed by atoms with E-state index in [1.807, 2.05) is 6.07 Å². The van der Waals surface area contributed by atoms with Crippen LogP contribution in [0.2, 0.25) is 0 Å². The number of halogens is 1. The first-order valence-corrected chi connectivity index (χ1v) is 8.57. The van der Waals surface area contributed by atoms with Gasteiger partial charge in [-0.1, -0.05) is 0 Å². The van der Waals surface area contributed by atoms with E-state index in [1.54, 1.807) is 13.2 Å². The minimum atomic E-state index is -0.407. The Bertz CT molecular complexity index is 758. The molecule has 8 nitrogen and oxygen atoms in total. The summed E-state index contributed by atoms with van der Waals surface area (Å²) in [5.74, 6) is 2.36. The summed E-state index contributed by atoms with van der Waals surface area (Å²) in [6, 6.07) is 2.22. The third-order valence-electron chi connectivity index (χ3n) is 4.19. The smallest absolute Gasteiger partial charge is 0.407 e. The van der Waals surface area contributed by atoms with E-state index in [0.717, 1.165) is 28.4 Å². The molecule has 1 atom stereocenters. The summed E-state index contributed by atoms with van der Waals surface area (Å²) in [5.41, 5.74) is 0.968. The lowest BCUT2D eigenvalue weighted by Crippen LogP contribution is -2.59. The SMILES string of the molecule is CNC(=O)OC1CN(C2=Nc3ncc(Br)cc3N3CC(C)N=C23)C1. The highest BCUT2D eigenvalue weighted by Gasteiger charge is 2.40. The molecule has 1 unspecified atom stereocenters. The molecule has 4 rings (SSSR count). The number of carbonyl (C=O) groups is 1. The van der Waals surface area contributed by atoms with Gasteiger partial charge in [-0.3, -0.25) is 4.99 Å². The Labute approximate surface area is 147 Å². The number of pyridine rings is 1. The van der Waals surface area contributed by atoms with Gasteiger partial charge in [0.05, 0.1) is 24.8 Å². The summed E-state index contributed by atoms with van der Waals surface area (Å²) in [4.78, 5) is 29.4. The molecule has 1 amide bonds. The van der Waals surface area contributed by atoms with E-state index in [4.69, 9.17) is 14.7 Å². The largest absolute Gasteiger partial charge is 0.442 e. The molecule has 126 valence electrons. The number of amidine groups is 2. The number of alkyl carbamates (subject to hydrolysis) is 1. The minimum Gasteiger partial charge on any atom is -0.442 e. The highest BCUT2D eigenvalue weighted by molar-refractivity contribution is 9.10. The van der Waals surface area contributed by atoms with Crippen LogP contribution in [0.3, 0.4) is 0 Å². The Morgan fingerprint density at radius 1 is 1.38 bits per heavy atom. The van der Waals surface area contributed by atoms with Crippen LogP contribution in [-0.2, 0) is 4.74 Å². The fourth-order valence-corrected chi connectivity index (χ4v) is 3.34. The number of amides is 1. The maximum Gasteiger partial charge on any atom is 0.407 e. The maximum absolute atomic E-state index is 11.3. The van der Waals surface area contributed by atoms with Gasteiger partial charge >= 0.3 is 6.09 Å². The summed E-state index contributed by atoms with van der Waals surface area (Å²) >= 11 is 3.47. The van der Waals surface area contributed by atoms with Crippen molar-refractivity contribution < 1.29 is 9.53 Å². The number of aromatic nitrogens is 1. The predicted molar refractivity (Wildman–Crippen MR) is 94.2 cm³/mol. The molecular formula is C15H17BrN6O2. The second-order valence-corrected chi connectivity index (χ2v) is 6.94. The number of anilines is 1. The van der Waals surface area contributed by atoms with E-state index in [-0.39, 0.29) is 12.1 Å². The Kier molecular flexibility index (Phi) is 3.67. The lowest BCUT2D eigenvalue weighted by molar-refractivity contribution is 0.0228. The van der Waals surface area contributed by atoms with Crippen molar-refractivity contribution in [2.24, 2.45) is 9.98 Å². The summed E-state index contributed by atoms with van der Waals surface area (Å²) in [6.07, 6.45) is 1.21. The summed E-state index contributed by atoms with van der Waals surface area (Å²) in [5, 5.41) is 2.46. The zero-order valence-corrected chi connectivity index (χ0v) is 14.9. The van der Waals surface area contributed by atoms with Crippen LogP contribution in [0.5, 0.6) is 0 Å². The van der Waals surface area contributed by atoms with Crippen molar-refractivity contribution >= 4 is 45.2 Å². The van der Waals surface area contributed by atoms with Gasteiger partial charge in [0, 0.05) is 24.3 Å². The molecule has 1 N–H and O–H groups in total. The van der Waals surface area contributed by atoms with Gasteiger partial charge in [-0.25, -0.2) is 14.8 Å². The van der Waals surface area contributed by atoms with Gasteiger partial charge in [-0.05, 0) is 28.9 Å². The van der Waals surface area contributed by atoms with Gasteiger partial charge in [0.15, 0.2) is 17.5 Å². The van der Waals surface area contributed by atoms with Crippen molar-refractivity contribution in [1.82, 2.24) is 15.2 Å². The number of rotatable bonds is 1. The molecule has 9 heteroatoms. The standard InChI is InChI=1S/C15H17BrN6O2/c1-8-5-22-11-3-9(16)4-18-12(11)20-13(14(22)19-8)21-6-10(7-21)24-15(23)17-2/h3-4,8,10H,5-7H2,1-2H3,(H,17,23). The lowest BCUT2D eigenvalue weighted by atomic mass is 10.1. The molecule has 0 bridgehead atoms.